The van der Waals surface area contributed by atoms with Crippen molar-refractivity contribution in [1.29, 1.82) is 5.26 Å². The van der Waals surface area contributed by atoms with E-state index < -0.39 is 69.8 Å². The second-order valence-electron chi connectivity index (χ2n) is 7.79. The Bertz CT molecular complexity index is 1000. The van der Waals surface area contributed by atoms with E-state index in [4.69, 9.17) is 10.00 Å². The molecule has 1 aromatic rings. The average molecular weight is 414 g/mol. The maximum atomic E-state index is 14.7. The molecule has 0 aliphatic carbocycles. The van der Waals surface area contributed by atoms with Gasteiger partial charge in [0.05, 0.1) is 34.7 Å². The number of anilines is 1. The maximum absolute atomic E-state index is 14.7. The number of nitriles is 1. The zero-order chi connectivity index (χ0) is 21.7. The van der Waals surface area contributed by atoms with Gasteiger partial charge in [-0.2, -0.15) is 18.4 Å². The van der Waals surface area contributed by atoms with Gasteiger partial charge in [-0.05, 0) is 32.0 Å². The molecule has 0 unspecified atom stereocenters. The Balaban J connectivity index is 1.84. The van der Waals surface area contributed by atoms with E-state index in [0.29, 0.717) is 11.0 Å². The lowest BCUT2D eigenvalue weighted by molar-refractivity contribution is -0.266. The second-order valence-corrected chi connectivity index (χ2v) is 7.79. The molecule has 3 aliphatic rings. The Kier molecular flexibility index (Phi) is 3.63. The van der Waals surface area contributed by atoms with Crippen LogP contribution in [0, 0.1) is 23.2 Å². The van der Waals surface area contributed by atoms with Gasteiger partial charge < -0.3 is 14.9 Å². The van der Waals surface area contributed by atoms with Crippen molar-refractivity contribution in [2.75, 3.05) is 4.90 Å². The molecule has 0 spiro atoms. The summed E-state index contributed by atoms with van der Waals surface area (Å²) in [6.45, 7) is 2.19. The largest absolute Gasteiger partial charge is 0.417 e. The van der Waals surface area contributed by atoms with E-state index in [0.717, 1.165) is 26.0 Å². The Morgan fingerprint density at radius 2 is 1.76 bits per heavy atom. The van der Waals surface area contributed by atoms with Crippen LogP contribution in [-0.4, -0.2) is 45.2 Å². The van der Waals surface area contributed by atoms with Gasteiger partial charge >= 0.3 is 6.18 Å². The van der Waals surface area contributed by atoms with Crippen LogP contribution in [0.4, 0.5) is 23.2 Å². The molecule has 2 amide bonds. The highest BCUT2D eigenvalue weighted by Gasteiger charge is 2.85. The number of amides is 2. The molecule has 11 heteroatoms. The number of halogens is 4. The Hall–Kier alpha value is -2.55. The zero-order valence-electron chi connectivity index (χ0n) is 15.0. The van der Waals surface area contributed by atoms with Crippen LogP contribution < -0.4 is 4.90 Å². The van der Waals surface area contributed by atoms with Crippen LogP contribution in [0.25, 0.3) is 0 Å². The second kappa shape index (κ2) is 5.33. The van der Waals surface area contributed by atoms with Crippen molar-refractivity contribution >= 4 is 17.5 Å². The van der Waals surface area contributed by atoms with Crippen molar-refractivity contribution in [3.8, 4) is 6.07 Å². The first kappa shape index (κ1) is 19.8. The van der Waals surface area contributed by atoms with Crippen LogP contribution in [0.3, 0.4) is 0 Å². The summed E-state index contributed by atoms with van der Waals surface area (Å²) in [5, 5.41) is 29.3. The molecule has 0 aromatic heterocycles. The number of hydrogen-bond donors (Lipinski definition) is 2. The van der Waals surface area contributed by atoms with Crippen LogP contribution in [0.15, 0.2) is 18.2 Å². The summed E-state index contributed by atoms with van der Waals surface area (Å²) in [6, 6.07) is 3.70. The van der Waals surface area contributed by atoms with E-state index in [1.807, 2.05) is 0 Å². The zero-order valence-corrected chi connectivity index (χ0v) is 15.0. The van der Waals surface area contributed by atoms with Crippen molar-refractivity contribution in [2.24, 2.45) is 11.8 Å². The molecule has 7 nitrogen and oxygen atoms in total. The number of rotatable bonds is 1. The third-order valence-corrected chi connectivity index (χ3v) is 6.22. The molecule has 1 aromatic carbocycles. The molecule has 2 N–H and O–H groups in total. The molecule has 4 rings (SSSR count). The summed E-state index contributed by atoms with van der Waals surface area (Å²) in [7, 11) is 0. The number of imide groups is 1. The predicted octanol–water partition coefficient (Wildman–Crippen LogP) is 1.26. The first-order valence-electron chi connectivity index (χ1n) is 8.50. The van der Waals surface area contributed by atoms with Gasteiger partial charge in [0.15, 0.2) is 6.17 Å². The third kappa shape index (κ3) is 2.11. The molecule has 5 atom stereocenters. The Labute approximate surface area is 161 Å². The smallest absolute Gasteiger partial charge is 0.361 e. The summed E-state index contributed by atoms with van der Waals surface area (Å²) < 4.78 is 59.9. The highest BCUT2D eigenvalue weighted by molar-refractivity contribution is 6.23. The van der Waals surface area contributed by atoms with Crippen molar-refractivity contribution in [3.63, 3.8) is 0 Å². The van der Waals surface area contributed by atoms with Crippen molar-refractivity contribution in [3.05, 3.63) is 29.3 Å². The minimum absolute atomic E-state index is 0.454. The number of aliphatic hydroxyl groups is 2. The maximum Gasteiger partial charge on any atom is 0.417 e. The third-order valence-electron chi connectivity index (χ3n) is 6.22. The first-order valence-corrected chi connectivity index (χ1v) is 8.50. The fraction of sp³-hybridized carbons (Fsp3) is 0.500. The number of ether oxygens (including phenoxy) is 1. The summed E-state index contributed by atoms with van der Waals surface area (Å²) in [4.78, 5) is 26.4. The molecule has 3 heterocycles. The standard InChI is InChI=1S/C18H14F4N2O5/c1-15-10-11(16(2,29-15)17(27,28)14(15)19)13(26)24(12(10)25)8-4-3-7(6-23)9(5-8)18(20,21)22/h3-5,10-11,14,27-28H,1-2H3/t10-,11+,14+,15+,16-/m1/s1. The number of carbonyl (C=O) groups excluding carboxylic acids is 2. The molecule has 3 fully saturated rings. The quantitative estimate of drug-likeness (QED) is 0.407. The SMILES string of the molecule is C[C@]12O[C@](C)([C@@H]3C(=O)N(c4ccc(C#N)c(C(F)(F)F)c4)C(=O)[C@@H]31)C(O)(O)[C@H]2F. The molecule has 154 valence electrons. The van der Waals surface area contributed by atoms with E-state index in [1.165, 1.54) is 6.07 Å². The molecule has 3 aliphatic heterocycles. The van der Waals surface area contributed by atoms with Gasteiger partial charge in [0.25, 0.3) is 0 Å². The lowest BCUT2D eigenvalue weighted by Crippen LogP contribution is -2.64. The molecule has 0 saturated carbocycles. The summed E-state index contributed by atoms with van der Waals surface area (Å²) in [5.41, 5.74) is -6.72. The number of fused-ring (bicyclic) bond motifs is 5. The topological polar surface area (TPSA) is 111 Å². The van der Waals surface area contributed by atoms with Crippen LogP contribution in [0.1, 0.15) is 25.0 Å². The lowest BCUT2D eigenvalue weighted by Gasteiger charge is -2.40. The highest BCUT2D eigenvalue weighted by Crippen LogP contribution is 2.64. The Morgan fingerprint density at radius 1 is 1.17 bits per heavy atom. The molecule has 2 bridgehead atoms. The van der Waals surface area contributed by atoms with Crippen molar-refractivity contribution in [2.45, 2.75) is 43.2 Å². The first-order chi connectivity index (χ1) is 13.2. The van der Waals surface area contributed by atoms with E-state index >= 15 is 0 Å². The van der Waals surface area contributed by atoms with E-state index in [2.05, 4.69) is 0 Å². The van der Waals surface area contributed by atoms with Crippen LogP contribution in [-0.2, 0) is 20.5 Å². The monoisotopic (exact) mass is 414 g/mol. The lowest BCUT2D eigenvalue weighted by atomic mass is 9.65. The van der Waals surface area contributed by atoms with Gasteiger partial charge in [-0.3, -0.25) is 9.59 Å². The normalized spacial score (nSPS) is 37.8. The average Bonchev–Trinajstić information content (AvgIpc) is 3.09. The van der Waals surface area contributed by atoms with Crippen LogP contribution in [0.5, 0.6) is 0 Å². The van der Waals surface area contributed by atoms with Gasteiger partial charge in [-0.1, -0.05) is 0 Å². The van der Waals surface area contributed by atoms with E-state index in [1.54, 1.807) is 0 Å². The Morgan fingerprint density at radius 3 is 2.31 bits per heavy atom. The number of alkyl halides is 4. The van der Waals surface area contributed by atoms with Gasteiger partial charge in [0.2, 0.25) is 17.6 Å². The van der Waals surface area contributed by atoms with Crippen LogP contribution >= 0.6 is 0 Å². The molecule has 3 saturated heterocycles. The molecule has 29 heavy (non-hydrogen) atoms. The summed E-state index contributed by atoms with van der Waals surface area (Å²) >= 11 is 0. The van der Waals surface area contributed by atoms with Gasteiger partial charge in [-0.25, -0.2) is 9.29 Å². The number of nitrogens with zero attached hydrogens (tertiary/aromatic N) is 2. The highest BCUT2D eigenvalue weighted by atomic mass is 19.4. The van der Waals surface area contributed by atoms with Crippen molar-refractivity contribution in [1.82, 2.24) is 0 Å². The fourth-order valence-corrected chi connectivity index (χ4v) is 4.81. The number of hydrogen-bond acceptors (Lipinski definition) is 6. The summed E-state index contributed by atoms with van der Waals surface area (Å²) in [6.07, 6.45) is -7.34. The number of carbonyl (C=O) groups is 2. The van der Waals surface area contributed by atoms with Gasteiger partial charge in [0.1, 0.15) is 11.2 Å². The molecular formula is C18H14F4N2O5. The van der Waals surface area contributed by atoms with E-state index in [9.17, 15) is 37.4 Å². The van der Waals surface area contributed by atoms with Gasteiger partial charge in [0, 0.05) is 0 Å². The minimum atomic E-state index is -4.92. The minimum Gasteiger partial charge on any atom is -0.361 e. The molecular weight excluding hydrogens is 400 g/mol. The van der Waals surface area contributed by atoms with Crippen molar-refractivity contribution < 1.29 is 42.1 Å². The summed E-state index contributed by atoms with van der Waals surface area (Å²) in [5.74, 6) is -8.08. The van der Waals surface area contributed by atoms with E-state index in [-0.39, 0.29) is 0 Å². The fourth-order valence-electron chi connectivity index (χ4n) is 4.81. The number of benzene rings is 1. The van der Waals surface area contributed by atoms with Crippen LogP contribution in [0.2, 0.25) is 0 Å². The van der Waals surface area contributed by atoms with Gasteiger partial charge in [-0.15, -0.1) is 0 Å². The molecule has 0 radical (unpaired) electrons. The predicted molar refractivity (Wildman–Crippen MR) is 85.6 cm³/mol.